The number of fused-ring (bicyclic) bond motifs is 2. The van der Waals surface area contributed by atoms with Crippen molar-refractivity contribution < 1.29 is 46.1 Å². The second-order valence-corrected chi connectivity index (χ2v) is 15.2. The SMILES string of the molecule is [CH2]=[Zr+2]([CH]1C(C)=Cc2c(-c3ccccc3)cccc21)[CH]1C(C)=Cc2c(-c3ccccc3)cccc21.[Cl-].[Cl-]. The van der Waals surface area contributed by atoms with Crippen LogP contribution in [0.25, 0.3) is 34.4 Å². The van der Waals surface area contributed by atoms with E-state index in [0.717, 1.165) is 0 Å². The third kappa shape index (κ3) is 4.47. The van der Waals surface area contributed by atoms with Gasteiger partial charge in [-0.05, 0) is 0 Å². The van der Waals surface area contributed by atoms with Crippen molar-refractivity contribution in [3.05, 3.63) is 130 Å². The molecule has 36 heavy (non-hydrogen) atoms. The largest absolute Gasteiger partial charge is 1.00 e. The molecule has 2 unspecified atom stereocenters. The van der Waals surface area contributed by atoms with Crippen LogP contribution in [0.2, 0.25) is 0 Å². The first-order valence-electron chi connectivity index (χ1n) is 12.0. The third-order valence-electron chi connectivity index (χ3n) is 7.47. The molecule has 0 N–H and O–H groups in total. The normalized spacial score (nSPS) is 16.9. The first-order valence-corrected chi connectivity index (χ1v) is 16.6. The van der Waals surface area contributed by atoms with Crippen LogP contribution >= 0.6 is 0 Å². The topological polar surface area (TPSA) is 0 Å². The second kappa shape index (κ2) is 11.0. The van der Waals surface area contributed by atoms with E-state index < -0.39 is 21.3 Å². The standard InChI is InChI=1S/2C16H13.CH2.2ClH.Zr/c2*1-12-10-14-8-5-9-15(16(14)11-12)13-6-3-2-4-7-13;;;;/h2*2-11H,1H3;1H2;2*1H;/q;;;;;+2/p-2. The molecule has 2 aliphatic rings. The van der Waals surface area contributed by atoms with Crippen LogP contribution in [0, 0.1) is 0 Å². The van der Waals surface area contributed by atoms with Gasteiger partial charge in [0.25, 0.3) is 0 Å². The Morgan fingerprint density at radius 1 is 0.528 bits per heavy atom. The third-order valence-corrected chi connectivity index (χ3v) is 14.9. The quantitative estimate of drug-likeness (QED) is 0.345. The Morgan fingerprint density at radius 2 is 0.917 bits per heavy atom. The average Bonchev–Trinajstić information content (AvgIpc) is 3.39. The summed E-state index contributed by atoms with van der Waals surface area (Å²) in [5.41, 5.74) is 14.1. The van der Waals surface area contributed by atoms with Gasteiger partial charge in [0, 0.05) is 0 Å². The van der Waals surface area contributed by atoms with Crippen molar-refractivity contribution in [2.24, 2.45) is 0 Å². The molecule has 0 saturated heterocycles. The zero-order chi connectivity index (χ0) is 23.2. The van der Waals surface area contributed by atoms with Crippen molar-refractivity contribution in [2.75, 3.05) is 0 Å². The minimum atomic E-state index is -2.24. The monoisotopic (exact) mass is 584 g/mol. The molecule has 4 aromatic rings. The number of hydrogen-bond acceptors (Lipinski definition) is 0. The molecule has 0 bridgehead atoms. The summed E-state index contributed by atoms with van der Waals surface area (Å²) in [4.78, 5) is 0. The maximum atomic E-state index is 5.02. The summed E-state index contributed by atoms with van der Waals surface area (Å²) < 4.78 is 6.05. The van der Waals surface area contributed by atoms with Crippen LogP contribution < -0.4 is 24.8 Å². The summed E-state index contributed by atoms with van der Waals surface area (Å²) in [7, 11) is 0. The van der Waals surface area contributed by atoms with Gasteiger partial charge in [-0.3, -0.25) is 0 Å². The van der Waals surface area contributed by atoms with Crippen LogP contribution in [0.3, 0.4) is 0 Å². The Balaban J connectivity index is 0.00000152. The summed E-state index contributed by atoms with van der Waals surface area (Å²) in [6.07, 6.45) is 4.90. The van der Waals surface area contributed by atoms with Gasteiger partial charge in [-0.1, -0.05) is 0 Å². The number of allylic oxidation sites excluding steroid dienone is 2. The fourth-order valence-electron chi connectivity index (χ4n) is 5.99. The summed E-state index contributed by atoms with van der Waals surface area (Å²) in [5.74, 6) is 0. The molecule has 0 aromatic heterocycles. The maximum absolute atomic E-state index is 5.02. The number of benzene rings is 4. The minimum absolute atomic E-state index is 0. The fourth-order valence-corrected chi connectivity index (χ4v) is 13.3. The van der Waals surface area contributed by atoms with E-state index in [1.165, 1.54) is 55.7 Å². The van der Waals surface area contributed by atoms with Gasteiger partial charge in [-0.25, -0.2) is 0 Å². The van der Waals surface area contributed by atoms with Crippen LogP contribution in [0.1, 0.15) is 43.4 Å². The van der Waals surface area contributed by atoms with Crippen molar-refractivity contribution in [1.82, 2.24) is 0 Å². The first kappa shape index (κ1) is 26.7. The van der Waals surface area contributed by atoms with E-state index >= 15 is 0 Å². The summed E-state index contributed by atoms with van der Waals surface area (Å²) in [6.45, 7) is 4.67. The molecule has 0 saturated carbocycles. The molecular weight excluding hydrogens is 558 g/mol. The molecule has 2 atom stereocenters. The molecule has 0 nitrogen and oxygen atoms in total. The van der Waals surface area contributed by atoms with E-state index in [2.05, 4.69) is 123 Å². The van der Waals surface area contributed by atoms with Gasteiger partial charge in [-0.2, -0.15) is 0 Å². The van der Waals surface area contributed by atoms with E-state index in [-0.39, 0.29) is 24.8 Å². The van der Waals surface area contributed by atoms with Gasteiger partial charge in [0.1, 0.15) is 0 Å². The predicted octanol–water partition coefficient (Wildman–Crippen LogP) is 2.70. The van der Waals surface area contributed by atoms with Gasteiger partial charge in [0.15, 0.2) is 0 Å². The molecule has 0 radical (unpaired) electrons. The first-order chi connectivity index (χ1) is 16.6. The van der Waals surface area contributed by atoms with Crippen LogP contribution in [-0.2, 0) is 21.3 Å². The molecule has 6 rings (SSSR count). The van der Waals surface area contributed by atoms with Crippen LogP contribution in [0.15, 0.2) is 108 Å². The zero-order valence-corrected chi connectivity index (χ0v) is 24.5. The molecule has 0 aliphatic heterocycles. The zero-order valence-electron chi connectivity index (χ0n) is 20.5. The van der Waals surface area contributed by atoms with Crippen molar-refractivity contribution in [2.45, 2.75) is 21.1 Å². The summed E-state index contributed by atoms with van der Waals surface area (Å²) >= 11 is -2.24. The Labute approximate surface area is 234 Å². The van der Waals surface area contributed by atoms with Crippen molar-refractivity contribution >= 4 is 16.4 Å². The van der Waals surface area contributed by atoms with Gasteiger partial charge in [0.2, 0.25) is 0 Å². The molecule has 3 heteroatoms. The molecule has 2 aliphatic carbocycles. The number of rotatable bonds is 4. The van der Waals surface area contributed by atoms with Gasteiger partial charge < -0.3 is 24.8 Å². The van der Waals surface area contributed by atoms with Crippen LogP contribution in [0.5, 0.6) is 0 Å². The van der Waals surface area contributed by atoms with Crippen molar-refractivity contribution in [3.63, 3.8) is 0 Å². The molecule has 0 spiro atoms. The molecule has 4 aromatic carbocycles. The van der Waals surface area contributed by atoms with E-state index in [4.69, 9.17) is 4.21 Å². The van der Waals surface area contributed by atoms with Crippen molar-refractivity contribution in [1.29, 1.82) is 0 Å². The van der Waals surface area contributed by atoms with E-state index in [1.54, 1.807) is 0 Å². The molecular formula is C33H28Cl2Zr. The van der Waals surface area contributed by atoms with E-state index in [1.807, 2.05) is 0 Å². The summed E-state index contributed by atoms with van der Waals surface area (Å²) in [6, 6.07) is 35.4. The van der Waals surface area contributed by atoms with Gasteiger partial charge in [-0.15, -0.1) is 0 Å². The van der Waals surface area contributed by atoms with Gasteiger partial charge in [0.05, 0.1) is 0 Å². The Hall–Kier alpha value is -2.31. The van der Waals surface area contributed by atoms with Crippen LogP contribution in [-0.4, -0.2) is 4.21 Å². The molecule has 0 fully saturated rings. The average molecular weight is 587 g/mol. The number of halogens is 2. The molecule has 178 valence electrons. The second-order valence-electron chi connectivity index (χ2n) is 9.57. The Kier molecular flexibility index (Phi) is 8.16. The van der Waals surface area contributed by atoms with Gasteiger partial charge >= 0.3 is 211 Å². The van der Waals surface area contributed by atoms with E-state index in [9.17, 15) is 0 Å². The Morgan fingerprint density at radius 3 is 1.31 bits per heavy atom. The fraction of sp³-hybridized carbons (Fsp3) is 0.121. The molecule has 0 heterocycles. The molecule has 0 amide bonds. The van der Waals surface area contributed by atoms with E-state index in [0.29, 0.717) is 7.25 Å². The smallest absolute Gasteiger partial charge is 1.00 e. The maximum Gasteiger partial charge on any atom is -1.00 e. The minimum Gasteiger partial charge on any atom is -1.00 e. The Bertz CT molecular complexity index is 1370. The van der Waals surface area contributed by atoms with Crippen LogP contribution in [0.4, 0.5) is 0 Å². The van der Waals surface area contributed by atoms with Crippen molar-refractivity contribution in [3.8, 4) is 22.3 Å². The number of hydrogen-bond donors (Lipinski definition) is 0. The summed E-state index contributed by atoms with van der Waals surface area (Å²) in [5, 5.41) is 0. The predicted molar refractivity (Wildman–Crippen MR) is 144 cm³/mol.